The molecule has 1 aromatic heterocycles. The van der Waals surface area contributed by atoms with Crippen molar-refractivity contribution < 1.29 is 18.0 Å². The van der Waals surface area contributed by atoms with Crippen LogP contribution in [0.4, 0.5) is 5.13 Å². The number of nitrogens with one attached hydrogen (secondary N) is 1. The Hall–Kier alpha value is -2.82. The van der Waals surface area contributed by atoms with Crippen molar-refractivity contribution in [1.82, 2.24) is 14.2 Å². The number of hydrogen-bond acceptors (Lipinski definition) is 6. The summed E-state index contributed by atoms with van der Waals surface area (Å²) in [6.07, 6.45) is 7.78. The van der Waals surface area contributed by atoms with E-state index < -0.39 is 16.1 Å². The Morgan fingerprint density at radius 2 is 1.86 bits per heavy atom. The van der Waals surface area contributed by atoms with E-state index in [1.807, 2.05) is 24.3 Å². The third kappa shape index (κ3) is 5.30. The smallest absolute Gasteiger partial charge is 0.248 e. The van der Waals surface area contributed by atoms with Crippen molar-refractivity contribution in [2.45, 2.75) is 49.5 Å². The molecule has 1 unspecified atom stereocenters. The van der Waals surface area contributed by atoms with Crippen LogP contribution in [-0.2, 0) is 19.6 Å². The van der Waals surface area contributed by atoms with Crippen LogP contribution in [0.15, 0.2) is 58.9 Å². The first-order valence-electron chi connectivity index (χ1n) is 12.4. The zero-order valence-corrected chi connectivity index (χ0v) is 21.6. The van der Waals surface area contributed by atoms with Crippen LogP contribution in [0.25, 0.3) is 10.8 Å². The van der Waals surface area contributed by atoms with E-state index in [2.05, 4.69) is 10.3 Å². The molecule has 2 amide bonds. The third-order valence-corrected chi connectivity index (χ3v) is 9.73. The summed E-state index contributed by atoms with van der Waals surface area (Å²) in [7, 11) is -3.85. The molecule has 1 N–H and O–H groups in total. The van der Waals surface area contributed by atoms with Crippen LogP contribution in [0.5, 0.6) is 0 Å². The number of hydrogen-bond donors (Lipinski definition) is 1. The molecule has 1 saturated carbocycles. The van der Waals surface area contributed by atoms with Crippen molar-refractivity contribution >= 4 is 49.1 Å². The summed E-state index contributed by atoms with van der Waals surface area (Å²) in [5.41, 5.74) is 0. The topological polar surface area (TPSA) is 99.7 Å². The van der Waals surface area contributed by atoms with E-state index in [4.69, 9.17) is 0 Å². The van der Waals surface area contributed by atoms with Gasteiger partial charge < -0.3 is 10.2 Å². The van der Waals surface area contributed by atoms with Crippen molar-refractivity contribution in [1.29, 1.82) is 0 Å². The van der Waals surface area contributed by atoms with Crippen molar-refractivity contribution in [2.75, 3.05) is 25.0 Å². The van der Waals surface area contributed by atoms with Gasteiger partial charge in [0.15, 0.2) is 5.13 Å². The molecular weight excluding hydrogens is 496 g/mol. The summed E-state index contributed by atoms with van der Waals surface area (Å²) in [5.74, 6) is -0.228. The molecule has 36 heavy (non-hydrogen) atoms. The number of aromatic nitrogens is 1. The maximum atomic E-state index is 13.4. The molecule has 1 aliphatic heterocycles. The Labute approximate surface area is 215 Å². The minimum atomic E-state index is -3.85. The van der Waals surface area contributed by atoms with Crippen LogP contribution in [0, 0.1) is 5.92 Å². The summed E-state index contributed by atoms with van der Waals surface area (Å²) >= 11 is 1.33. The lowest BCUT2D eigenvalue weighted by Crippen LogP contribution is -2.58. The van der Waals surface area contributed by atoms with Gasteiger partial charge in [0, 0.05) is 24.7 Å². The van der Waals surface area contributed by atoms with Gasteiger partial charge in [-0.1, -0.05) is 62.4 Å². The fraction of sp³-hybridized carbons (Fsp3) is 0.423. The van der Waals surface area contributed by atoms with Crippen molar-refractivity contribution in [3.63, 3.8) is 0 Å². The number of piperazine rings is 1. The van der Waals surface area contributed by atoms with E-state index in [0.717, 1.165) is 36.5 Å². The van der Waals surface area contributed by atoms with Gasteiger partial charge in [0.25, 0.3) is 0 Å². The largest absolute Gasteiger partial charge is 0.328 e. The number of rotatable bonds is 7. The minimum Gasteiger partial charge on any atom is -0.328 e. The van der Waals surface area contributed by atoms with Crippen LogP contribution in [0.1, 0.15) is 38.5 Å². The highest BCUT2D eigenvalue weighted by atomic mass is 32.2. The van der Waals surface area contributed by atoms with E-state index >= 15 is 0 Å². The highest BCUT2D eigenvalue weighted by Crippen LogP contribution is 2.30. The molecule has 0 bridgehead atoms. The number of sulfonamides is 1. The second-order valence-electron chi connectivity index (χ2n) is 9.52. The molecule has 8 nitrogen and oxygen atoms in total. The number of amides is 2. The van der Waals surface area contributed by atoms with Crippen LogP contribution in [-0.4, -0.2) is 60.1 Å². The van der Waals surface area contributed by atoms with Crippen LogP contribution in [0.3, 0.4) is 0 Å². The Balaban J connectivity index is 1.33. The average molecular weight is 527 g/mol. The summed E-state index contributed by atoms with van der Waals surface area (Å²) in [6, 6.07) is 11.9. The predicted molar refractivity (Wildman–Crippen MR) is 140 cm³/mol. The van der Waals surface area contributed by atoms with E-state index in [9.17, 15) is 18.0 Å². The maximum absolute atomic E-state index is 13.4. The Morgan fingerprint density at radius 1 is 1.08 bits per heavy atom. The molecule has 10 heteroatoms. The first kappa shape index (κ1) is 24.9. The number of carbonyl (C=O) groups is 2. The van der Waals surface area contributed by atoms with Crippen LogP contribution < -0.4 is 5.32 Å². The van der Waals surface area contributed by atoms with Crippen LogP contribution >= 0.6 is 11.3 Å². The van der Waals surface area contributed by atoms with Crippen molar-refractivity contribution in [3.8, 4) is 0 Å². The van der Waals surface area contributed by atoms with Gasteiger partial charge in [0.05, 0.1) is 11.4 Å². The molecule has 1 atom stereocenters. The Bertz CT molecular complexity index is 1340. The lowest BCUT2D eigenvalue weighted by molar-refractivity contribution is -0.142. The molecule has 0 spiro atoms. The third-order valence-electron chi connectivity index (χ3n) is 7.20. The van der Waals surface area contributed by atoms with E-state index in [-0.39, 0.29) is 36.3 Å². The SMILES string of the molecule is O=C(Nc1nccs1)C(CC1CCCCC1)N1CCN(S(=O)(=O)c2ccc3ccccc3c2)CC1=O. The van der Waals surface area contributed by atoms with Gasteiger partial charge in [-0.25, -0.2) is 13.4 Å². The van der Waals surface area contributed by atoms with Gasteiger partial charge in [0.1, 0.15) is 6.04 Å². The first-order valence-corrected chi connectivity index (χ1v) is 14.7. The molecule has 0 radical (unpaired) electrons. The van der Waals surface area contributed by atoms with Gasteiger partial charge >= 0.3 is 0 Å². The first-order chi connectivity index (χ1) is 17.4. The van der Waals surface area contributed by atoms with Gasteiger partial charge in [-0.3, -0.25) is 9.59 Å². The van der Waals surface area contributed by atoms with E-state index in [1.165, 1.54) is 22.1 Å². The number of thiazole rings is 1. The monoisotopic (exact) mass is 526 g/mol. The van der Waals surface area contributed by atoms with Gasteiger partial charge in [0.2, 0.25) is 21.8 Å². The molecule has 5 rings (SSSR count). The molecule has 2 aliphatic rings. The number of carbonyl (C=O) groups excluding carboxylic acids is 2. The molecule has 3 aromatic rings. The summed E-state index contributed by atoms with van der Waals surface area (Å²) in [5, 5.41) is 6.92. The zero-order valence-electron chi connectivity index (χ0n) is 20.0. The molecule has 1 aliphatic carbocycles. The average Bonchev–Trinajstić information content (AvgIpc) is 3.41. The summed E-state index contributed by atoms with van der Waals surface area (Å²) in [6.45, 7) is 0.0434. The number of anilines is 1. The standard InChI is InChI=1S/C26H30N4O4S2/c31-24-18-29(36(33,34)22-11-10-20-8-4-5-9-21(20)17-22)13-14-30(24)23(16-19-6-2-1-3-7-19)25(32)28-26-27-12-15-35-26/h4-5,8-12,15,17,19,23H,1-3,6-7,13-14,16,18H2,(H,27,28,32). The van der Waals surface area contributed by atoms with E-state index in [1.54, 1.807) is 34.7 Å². The van der Waals surface area contributed by atoms with Crippen LogP contribution in [0.2, 0.25) is 0 Å². The summed E-state index contributed by atoms with van der Waals surface area (Å²) < 4.78 is 28.0. The number of benzene rings is 2. The number of nitrogens with zero attached hydrogens (tertiary/aromatic N) is 3. The molecule has 2 fully saturated rings. The Kier molecular flexibility index (Phi) is 7.36. The Morgan fingerprint density at radius 3 is 2.58 bits per heavy atom. The fourth-order valence-corrected chi connectivity index (χ4v) is 7.21. The molecule has 190 valence electrons. The molecule has 2 heterocycles. The molecular formula is C26H30N4O4S2. The second-order valence-corrected chi connectivity index (χ2v) is 12.3. The number of fused-ring (bicyclic) bond motifs is 1. The van der Waals surface area contributed by atoms with Crippen molar-refractivity contribution in [3.05, 3.63) is 54.0 Å². The highest BCUT2D eigenvalue weighted by Gasteiger charge is 2.39. The van der Waals surface area contributed by atoms with Gasteiger partial charge in [-0.05, 0) is 35.2 Å². The maximum Gasteiger partial charge on any atom is 0.248 e. The quantitative estimate of drug-likeness (QED) is 0.500. The van der Waals surface area contributed by atoms with Crippen molar-refractivity contribution in [2.24, 2.45) is 5.92 Å². The highest BCUT2D eigenvalue weighted by molar-refractivity contribution is 7.89. The van der Waals surface area contributed by atoms with E-state index in [0.29, 0.717) is 17.5 Å². The predicted octanol–water partition coefficient (Wildman–Crippen LogP) is 4.11. The minimum absolute atomic E-state index is 0.145. The zero-order chi connectivity index (χ0) is 25.1. The van der Waals surface area contributed by atoms with Gasteiger partial charge in [-0.15, -0.1) is 11.3 Å². The lowest BCUT2D eigenvalue weighted by Gasteiger charge is -2.39. The fourth-order valence-electron chi connectivity index (χ4n) is 5.26. The van der Waals surface area contributed by atoms with Gasteiger partial charge in [-0.2, -0.15) is 4.31 Å². The second kappa shape index (κ2) is 10.7. The lowest BCUT2D eigenvalue weighted by atomic mass is 9.84. The normalized spacial score (nSPS) is 18.9. The molecule has 2 aromatic carbocycles. The summed E-state index contributed by atoms with van der Waals surface area (Å²) in [4.78, 5) is 32.5. The molecule has 1 saturated heterocycles.